The van der Waals surface area contributed by atoms with E-state index in [9.17, 15) is 9.90 Å². The normalized spacial score (nSPS) is 42.8. The molecular formula is C15H24ClNO3. The van der Waals surface area contributed by atoms with Crippen LogP contribution in [0.2, 0.25) is 0 Å². The summed E-state index contributed by atoms with van der Waals surface area (Å²) in [5.41, 5.74) is -1.20. The molecule has 2 heterocycles. The Kier molecular flexibility index (Phi) is 3.76. The first-order valence-electron chi connectivity index (χ1n) is 7.75. The monoisotopic (exact) mass is 301 g/mol. The Morgan fingerprint density at radius 1 is 1.45 bits per heavy atom. The summed E-state index contributed by atoms with van der Waals surface area (Å²) in [4.78, 5) is 12.3. The molecule has 3 fully saturated rings. The van der Waals surface area contributed by atoms with Gasteiger partial charge in [-0.25, -0.2) is 0 Å². The Morgan fingerprint density at radius 2 is 2.15 bits per heavy atom. The van der Waals surface area contributed by atoms with E-state index in [0.717, 1.165) is 12.8 Å². The van der Waals surface area contributed by atoms with Crippen molar-refractivity contribution in [3.8, 4) is 0 Å². The highest BCUT2D eigenvalue weighted by Crippen LogP contribution is 2.52. The second kappa shape index (κ2) is 5.15. The predicted molar refractivity (Wildman–Crippen MR) is 76.6 cm³/mol. The molecule has 0 bridgehead atoms. The van der Waals surface area contributed by atoms with Gasteiger partial charge in [-0.05, 0) is 32.1 Å². The zero-order valence-corrected chi connectivity index (χ0v) is 12.8. The number of hydrogen-bond donors (Lipinski definition) is 2. The van der Waals surface area contributed by atoms with Crippen LogP contribution in [-0.2, 0) is 9.53 Å². The number of aliphatic hydroxyl groups excluding tert-OH is 1. The number of carbonyl (C=O) groups excluding carboxylic acids is 1. The van der Waals surface area contributed by atoms with E-state index < -0.39 is 17.2 Å². The van der Waals surface area contributed by atoms with Gasteiger partial charge in [0.15, 0.2) is 0 Å². The third kappa shape index (κ3) is 1.84. The molecule has 0 spiro atoms. The first kappa shape index (κ1) is 14.6. The molecule has 0 aromatic rings. The number of carbonyl (C=O) groups is 1. The van der Waals surface area contributed by atoms with Crippen LogP contribution in [0.3, 0.4) is 0 Å². The van der Waals surface area contributed by atoms with E-state index in [4.69, 9.17) is 16.3 Å². The summed E-state index contributed by atoms with van der Waals surface area (Å²) >= 11 is 5.82. The maximum Gasteiger partial charge on any atom is 0.226 e. The van der Waals surface area contributed by atoms with Crippen molar-refractivity contribution in [1.82, 2.24) is 5.32 Å². The fraction of sp³-hybridized carbons (Fsp3) is 0.933. The highest BCUT2D eigenvalue weighted by molar-refractivity contribution is 6.18. The number of nitrogens with one attached hydrogen (secondary N) is 1. The molecule has 4 nitrogen and oxygen atoms in total. The number of halogens is 1. The standard InChI is InChI=1S/C15H24ClNO3/c1-14-11(7-8-16)13(19)17-15(14,9-20-14)12(18)10-5-3-2-4-6-10/h10-12,18H,2-9H2,1H3,(H,17,19). The van der Waals surface area contributed by atoms with Crippen LogP contribution in [0.25, 0.3) is 0 Å². The molecule has 0 radical (unpaired) electrons. The molecule has 20 heavy (non-hydrogen) atoms. The second-order valence-electron chi connectivity index (χ2n) is 6.73. The van der Waals surface area contributed by atoms with Crippen molar-refractivity contribution < 1.29 is 14.6 Å². The van der Waals surface area contributed by atoms with Crippen LogP contribution in [0, 0.1) is 11.8 Å². The summed E-state index contributed by atoms with van der Waals surface area (Å²) in [7, 11) is 0. The summed E-state index contributed by atoms with van der Waals surface area (Å²) in [6.07, 6.45) is 5.80. The first-order chi connectivity index (χ1) is 9.55. The van der Waals surface area contributed by atoms with Gasteiger partial charge >= 0.3 is 0 Å². The van der Waals surface area contributed by atoms with Crippen LogP contribution in [-0.4, -0.2) is 40.7 Å². The molecule has 3 rings (SSSR count). The molecule has 1 amide bonds. The van der Waals surface area contributed by atoms with Crippen LogP contribution in [0.15, 0.2) is 0 Å². The minimum atomic E-state index is -0.601. The van der Waals surface area contributed by atoms with Crippen LogP contribution in [0.1, 0.15) is 45.4 Å². The number of fused-ring (bicyclic) bond motifs is 1. The van der Waals surface area contributed by atoms with Gasteiger partial charge in [0.25, 0.3) is 0 Å². The van der Waals surface area contributed by atoms with E-state index in [0.29, 0.717) is 18.9 Å². The molecule has 2 saturated heterocycles. The second-order valence-corrected chi connectivity index (χ2v) is 7.11. The number of amides is 1. The lowest BCUT2D eigenvalue weighted by atomic mass is 9.64. The first-order valence-corrected chi connectivity index (χ1v) is 8.28. The van der Waals surface area contributed by atoms with Gasteiger partial charge in [0.1, 0.15) is 11.1 Å². The molecular weight excluding hydrogens is 278 g/mol. The lowest BCUT2D eigenvalue weighted by molar-refractivity contribution is -0.257. The van der Waals surface area contributed by atoms with Crippen molar-refractivity contribution in [1.29, 1.82) is 0 Å². The Hall–Kier alpha value is -0.320. The molecule has 0 aromatic carbocycles. The zero-order valence-electron chi connectivity index (χ0n) is 12.0. The topological polar surface area (TPSA) is 58.6 Å². The molecule has 2 aliphatic heterocycles. The molecule has 2 N–H and O–H groups in total. The minimum Gasteiger partial charge on any atom is -0.390 e. The van der Waals surface area contributed by atoms with Crippen molar-refractivity contribution >= 4 is 17.5 Å². The lowest BCUT2D eigenvalue weighted by Gasteiger charge is -2.57. The SMILES string of the molecule is CC12OCC1(C(O)C1CCCCC1)NC(=O)C2CCCl. The summed E-state index contributed by atoms with van der Waals surface area (Å²) < 4.78 is 5.79. The van der Waals surface area contributed by atoms with E-state index >= 15 is 0 Å². The van der Waals surface area contributed by atoms with Gasteiger partial charge < -0.3 is 15.2 Å². The van der Waals surface area contributed by atoms with Gasteiger partial charge in [-0.1, -0.05) is 19.3 Å². The largest absolute Gasteiger partial charge is 0.390 e. The summed E-state index contributed by atoms with van der Waals surface area (Å²) in [5.74, 6) is 0.460. The number of aliphatic hydroxyl groups is 1. The highest BCUT2D eigenvalue weighted by atomic mass is 35.5. The molecule has 1 saturated carbocycles. The zero-order chi connectivity index (χ0) is 14.4. The molecule has 5 heteroatoms. The smallest absolute Gasteiger partial charge is 0.226 e. The fourth-order valence-electron chi connectivity index (χ4n) is 4.41. The maximum absolute atomic E-state index is 12.3. The van der Waals surface area contributed by atoms with Gasteiger partial charge in [0, 0.05) is 5.88 Å². The van der Waals surface area contributed by atoms with Crippen LogP contribution in [0.4, 0.5) is 0 Å². The van der Waals surface area contributed by atoms with E-state index in [1.165, 1.54) is 19.3 Å². The Labute approximate surface area is 125 Å². The molecule has 114 valence electrons. The summed E-state index contributed by atoms with van der Waals surface area (Å²) in [6.45, 7) is 2.38. The van der Waals surface area contributed by atoms with E-state index in [1.807, 2.05) is 6.92 Å². The third-order valence-corrected chi connectivity index (χ3v) is 6.03. The Morgan fingerprint density at radius 3 is 2.70 bits per heavy atom. The van der Waals surface area contributed by atoms with Gasteiger partial charge in [-0.15, -0.1) is 11.6 Å². The number of hydrogen-bond acceptors (Lipinski definition) is 3. The maximum atomic E-state index is 12.3. The van der Waals surface area contributed by atoms with Crippen molar-refractivity contribution in [3.63, 3.8) is 0 Å². The number of ether oxygens (including phenoxy) is 1. The molecule has 4 unspecified atom stereocenters. The molecule has 1 aliphatic carbocycles. The molecule has 0 aromatic heterocycles. The van der Waals surface area contributed by atoms with E-state index in [1.54, 1.807) is 0 Å². The van der Waals surface area contributed by atoms with E-state index in [-0.39, 0.29) is 17.7 Å². The fourth-order valence-corrected chi connectivity index (χ4v) is 4.62. The quantitative estimate of drug-likeness (QED) is 0.779. The average Bonchev–Trinajstić information content (AvgIpc) is 2.61. The Bertz CT molecular complexity index is 399. The van der Waals surface area contributed by atoms with Gasteiger partial charge in [0.05, 0.1) is 18.6 Å². The Balaban J connectivity index is 1.82. The lowest BCUT2D eigenvalue weighted by Crippen LogP contribution is -2.77. The van der Waals surface area contributed by atoms with Crippen LogP contribution in [0.5, 0.6) is 0 Å². The summed E-state index contributed by atoms with van der Waals surface area (Å²) in [5, 5.41) is 14.0. The molecule has 3 aliphatic rings. The van der Waals surface area contributed by atoms with Crippen LogP contribution < -0.4 is 5.32 Å². The van der Waals surface area contributed by atoms with Crippen molar-refractivity contribution in [2.24, 2.45) is 11.8 Å². The average molecular weight is 302 g/mol. The minimum absolute atomic E-state index is 0.0134. The number of rotatable bonds is 4. The van der Waals surface area contributed by atoms with Crippen LogP contribution >= 0.6 is 11.6 Å². The highest BCUT2D eigenvalue weighted by Gasteiger charge is 2.72. The predicted octanol–water partition coefficient (Wildman–Crippen LogP) is 1.83. The van der Waals surface area contributed by atoms with Crippen molar-refractivity contribution in [3.05, 3.63) is 0 Å². The van der Waals surface area contributed by atoms with Gasteiger partial charge in [-0.2, -0.15) is 0 Å². The van der Waals surface area contributed by atoms with Gasteiger partial charge in [0.2, 0.25) is 5.91 Å². The third-order valence-electron chi connectivity index (χ3n) is 5.81. The van der Waals surface area contributed by atoms with E-state index in [2.05, 4.69) is 5.32 Å². The van der Waals surface area contributed by atoms with Crippen molar-refractivity contribution in [2.75, 3.05) is 12.5 Å². The summed E-state index contributed by atoms with van der Waals surface area (Å²) in [6, 6.07) is 0. The molecule has 4 atom stereocenters. The number of alkyl halides is 1. The van der Waals surface area contributed by atoms with Crippen molar-refractivity contribution in [2.45, 2.75) is 62.7 Å². The van der Waals surface area contributed by atoms with Gasteiger partial charge in [-0.3, -0.25) is 4.79 Å².